The van der Waals surface area contributed by atoms with Crippen molar-refractivity contribution in [1.29, 1.82) is 5.26 Å². The first-order valence-electron chi connectivity index (χ1n) is 8.11. The Morgan fingerprint density at radius 3 is 3.04 bits per heavy atom. The van der Waals surface area contributed by atoms with Gasteiger partial charge in [-0.05, 0) is 31.5 Å². The largest absolute Gasteiger partial charge is 0.382 e. The number of carbonyl (C=O) groups is 1. The lowest BCUT2D eigenvalue weighted by Gasteiger charge is -2.36. The lowest BCUT2D eigenvalue weighted by atomic mass is 9.95. The van der Waals surface area contributed by atoms with Crippen molar-refractivity contribution in [3.8, 4) is 6.07 Å². The molecule has 1 fully saturated rings. The van der Waals surface area contributed by atoms with E-state index in [9.17, 15) is 10.1 Å². The molecule has 1 saturated heterocycles. The summed E-state index contributed by atoms with van der Waals surface area (Å²) in [6.07, 6.45) is 5.61. The molecule has 2 aromatic heterocycles. The number of nitriles is 1. The van der Waals surface area contributed by atoms with E-state index in [1.807, 2.05) is 35.0 Å². The minimum atomic E-state index is -0.662. The molecule has 0 aromatic carbocycles. The molecule has 1 N–H and O–H groups in total. The highest BCUT2D eigenvalue weighted by Gasteiger charge is 2.47. The van der Waals surface area contributed by atoms with Crippen molar-refractivity contribution < 1.29 is 9.53 Å². The Kier molecular flexibility index (Phi) is 4.56. The Morgan fingerprint density at radius 2 is 2.33 bits per heavy atom. The molecule has 1 amide bonds. The number of pyridine rings is 1. The van der Waals surface area contributed by atoms with Crippen molar-refractivity contribution in [3.63, 3.8) is 0 Å². The van der Waals surface area contributed by atoms with Crippen molar-refractivity contribution >= 4 is 11.4 Å². The molecule has 1 aliphatic rings. The fourth-order valence-corrected chi connectivity index (χ4v) is 3.75. The van der Waals surface area contributed by atoms with Crippen LogP contribution in [-0.2, 0) is 16.1 Å². The maximum Gasteiger partial charge on any atom is 0.242 e. The number of likely N-dealkylation sites (tertiary alicyclic amines) is 1. The summed E-state index contributed by atoms with van der Waals surface area (Å²) in [6, 6.07) is 8.12. The molecule has 126 valence electrons. The Labute approximate surface area is 141 Å². The van der Waals surface area contributed by atoms with Gasteiger partial charge in [0.05, 0.1) is 17.7 Å². The lowest BCUT2D eigenvalue weighted by molar-refractivity contribution is -0.135. The highest BCUT2D eigenvalue weighted by atomic mass is 16.5. The molecule has 3 heterocycles. The van der Waals surface area contributed by atoms with Crippen LogP contribution in [0.15, 0.2) is 30.6 Å². The number of fused-ring (bicyclic) bond motifs is 1. The monoisotopic (exact) mass is 326 g/mol. The van der Waals surface area contributed by atoms with Crippen LogP contribution in [-0.4, -0.2) is 48.1 Å². The van der Waals surface area contributed by atoms with E-state index in [0.29, 0.717) is 18.7 Å². The third-order valence-corrected chi connectivity index (χ3v) is 4.89. The number of rotatable bonds is 5. The van der Waals surface area contributed by atoms with Crippen LogP contribution in [0.1, 0.15) is 24.0 Å². The molecule has 6 nitrogen and oxygen atoms in total. The number of nitrogens with one attached hydrogen (secondary N) is 1. The molecule has 0 radical (unpaired) electrons. The van der Waals surface area contributed by atoms with Crippen LogP contribution < -0.4 is 5.32 Å². The minimum absolute atomic E-state index is 0.0240. The zero-order valence-electron chi connectivity index (χ0n) is 14.1. The number of hydrogen-bond donors (Lipinski definition) is 1. The molecule has 0 aliphatic carbocycles. The van der Waals surface area contributed by atoms with Gasteiger partial charge in [-0.15, -0.1) is 0 Å². The van der Waals surface area contributed by atoms with Gasteiger partial charge >= 0.3 is 0 Å². The maximum absolute atomic E-state index is 12.6. The van der Waals surface area contributed by atoms with Gasteiger partial charge < -0.3 is 14.5 Å². The molecule has 2 aromatic rings. The average molecular weight is 326 g/mol. The van der Waals surface area contributed by atoms with Gasteiger partial charge in [0.15, 0.2) is 0 Å². The number of methoxy groups -OCH3 is 1. The zero-order valence-corrected chi connectivity index (χ0v) is 14.1. The lowest BCUT2D eigenvalue weighted by Crippen LogP contribution is -2.57. The quantitative estimate of drug-likeness (QED) is 0.905. The molecular formula is C18H22N4O2. The maximum atomic E-state index is 12.6. The SMILES string of the molecule is CNC(=O)C1(COC)CCCN1Cc1cn2ccccc2c1C#N. The molecule has 0 bridgehead atoms. The second-order valence-corrected chi connectivity index (χ2v) is 6.20. The van der Waals surface area contributed by atoms with Crippen LogP contribution in [0.5, 0.6) is 0 Å². The van der Waals surface area contributed by atoms with Gasteiger partial charge in [-0.3, -0.25) is 9.69 Å². The molecular weight excluding hydrogens is 304 g/mol. The summed E-state index contributed by atoms with van der Waals surface area (Å²) in [7, 11) is 3.28. The van der Waals surface area contributed by atoms with Crippen molar-refractivity contribution in [2.24, 2.45) is 0 Å². The Morgan fingerprint density at radius 1 is 1.50 bits per heavy atom. The highest BCUT2D eigenvalue weighted by molar-refractivity contribution is 5.86. The van der Waals surface area contributed by atoms with Crippen LogP contribution in [0.25, 0.3) is 5.52 Å². The minimum Gasteiger partial charge on any atom is -0.382 e. The van der Waals surface area contributed by atoms with Gasteiger partial charge in [-0.2, -0.15) is 5.26 Å². The third-order valence-electron chi connectivity index (χ3n) is 4.89. The van der Waals surface area contributed by atoms with E-state index in [0.717, 1.165) is 30.5 Å². The van der Waals surface area contributed by atoms with E-state index in [4.69, 9.17) is 4.74 Å². The summed E-state index contributed by atoms with van der Waals surface area (Å²) in [5.41, 5.74) is 1.84. The molecule has 6 heteroatoms. The Balaban J connectivity index is 1.98. The molecule has 0 saturated carbocycles. The summed E-state index contributed by atoms with van der Waals surface area (Å²) >= 11 is 0. The number of carbonyl (C=O) groups excluding carboxylic acids is 1. The van der Waals surface area contributed by atoms with Gasteiger partial charge in [-0.1, -0.05) is 6.07 Å². The topological polar surface area (TPSA) is 69.8 Å². The predicted molar refractivity (Wildman–Crippen MR) is 90.4 cm³/mol. The van der Waals surface area contributed by atoms with E-state index in [2.05, 4.69) is 16.3 Å². The van der Waals surface area contributed by atoms with Gasteiger partial charge in [0, 0.05) is 38.7 Å². The number of likely N-dealkylation sites (N-methyl/N-ethyl adjacent to an activating group) is 1. The molecule has 0 spiro atoms. The summed E-state index contributed by atoms with van der Waals surface area (Å²) in [5.74, 6) is -0.0240. The third kappa shape index (κ3) is 2.56. The van der Waals surface area contributed by atoms with E-state index in [1.165, 1.54) is 0 Å². The van der Waals surface area contributed by atoms with E-state index in [1.54, 1.807) is 14.2 Å². The van der Waals surface area contributed by atoms with Crippen LogP contribution in [0.3, 0.4) is 0 Å². The average Bonchev–Trinajstić information content (AvgIpc) is 3.16. The van der Waals surface area contributed by atoms with Crippen LogP contribution in [0.2, 0.25) is 0 Å². The van der Waals surface area contributed by atoms with Crippen LogP contribution in [0.4, 0.5) is 0 Å². The summed E-state index contributed by atoms with van der Waals surface area (Å²) in [6.45, 7) is 1.72. The highest BCUT2D eigenvalue weighted by Crippen LogP contribution is 2.33. The van der Waals surface area contributed by atoms with Gasteiger partial charge in [0.25, 0.3) is 0 Å². The number of ether oxygens (including phenoxy) is 1. The smallest absolute Gasteiger partial charge is 0.242 e. The Bertz CT molecular complexity index is 792. The fourth-order valence-electron chi connectivity index (χ4n) is 3.75. The van der Waals surface area contributed by atoms with Crippen molar-refractivity contribution in [3.05, 3.63) is 41.7 Å². The first-order chi connectivity index (χ1) is 11.7. The summed E-state index contributed by atoms with van der Waals surface area (Å²) in [5, 5.41) is 12.4. The van der Waals surface area contributed by atoms with Crippen molar-refractivity contribution in [1.82, 2.24) is 14.6 Å². The number of nitrogens with zero attached hydrogens (tertiary/aromatic N) is 3. The first-order valence-corrected chi connectivity index (χ1v) is 8.11. The number of hydrogen-bond acceptors (Lipinski definition) is 4. The fraction of sp³-hybridized carbons (Fsp3) is 0.444. The van der Waals surface area contributed by atoms with E-state index < -0.39 is 5.54 Å². The van der Waals surface area contributed by atoms with Crippen LogP contribution >= 0.6 is 0 Å². The molecule has 3 rings (SSSR count). The van der Waals surface area contributed by atoms with Gasteiger partial charge in [0.1, 0.15) is 11.6 Å². The van der Waals surface area contributed by atoms with Crippen LogP contribution in [0, 0.1) is 11.3 Å². The van der Waals surface area contributed by atoms with E-state index in [-0.39, 0.29) is 5.91 Å². The Hall–Kier alpha value is -2.36. The predicted octanol–water partition coefficient (Wildman–Crippen LogP) is 1.54. The molecule has 1 atom stereocenters. The van der Waals surface area contributed by atoms with Gasteiger partial charge in [0.2, 0.25) is 5.91 Å². The summed E-state index contributed by atoms with van der Waals surface area (Å²) < 4.78 is 7.32. The van der Waals surface area contributed by atoms with Crippen molar-refractivity contribution in [2.75, 3.05) is 27.3 Å². The zero-order chi connectivity index (χ0) is 17.2. The molecule has 1 aliphatic heterocycles. The summed E-state index contributed by atoms with van der Waals surface area (Å²) in [4.78, 5) is 14.7. The second kappa shape index (κ2) is 6.63. The van der Waals surface area contributed by atoms with E-state index >= 15 is 0 Å². The first kappa shape index (κ1) is 16.5. The number of aromatic nitrogens is 1. The normalized spacial score (nSPS) is 21.0. The van der Waals surface area contributed by atoms with Crippen molar-refractivity contribution in [2.45, 2.75) is 24.9 Å². The van der Waals surface area contributed by atoms with Gasteiger partial charge in [-0.25, -0.2) is 0 Å². The molecule has 1 unspecified atom stereocenters. The standard InChI is InChI=1S/C18H22N4O2/c1-20-17(23)18(13-24-2)7-5-9-22(18)12-14-11-21-8-4-3-6-16(21)15(14)10-19/h3-4,6,8,11H,5,7,9,12-13H2,1-2H3,(H,20,23). The number of amides is 1. The second-order valence-electron chi connectivity index (χ2n) is 6.20. The molecule has 24 heavy (non-hydrogen) atoms.